The zero-order valence-corrected chi connectivity index (χ0v) is 16.6. The van der Waals surface area contributed by atoms with Crippen molar-refractivity contribution in [3.8, 4) is 17.2 Å². The highest BCUT2D eigenvalue weighted by molar-refractivity contribution is 5.90. The summed E-state index contributed by atoms with van der Waals surface area (Å²) in [6.07, 6.45) is 0. The third-order valence-electron chi connectivity index (χ3n) is 4.02. The number of amides is 1. The lowest BCUT2D eigenvalue weighted by atomic mass is 10.2. The number of hydrogen-bond donors (Lipinski definition) is 0. The van der Waals surface area contributed by atoms with Crippen LogP contribution in [0.25, 0.3) is 0 Å². The van der Waals surface area contributed by atoms with Crippen molar-refractivity contribution < 1.29 is 28.5 Å². The molecule has 7 nitrogen and oxygen atoms in total. The summed E-state index contributed by atoms with van der Waals surface area (Å²) in [5.74, 6) is 0.859. The van der Waals surface area contributed by atoms with Gasteiger partial charge in [-0.25, -0.2) is 4.79 Å². The summed E-state index contributed by atoms with van der Waals surface area (Å²) in [5, 5.41) is 0. The van der Waals surface area contributed by atoms with Crippen molar-refractivity contribution >= 4 is 11.9 Å². The average molecular weight is 387 g/mol. The van der Waals surface area contributed by atoms with Gasteiger partial charge < -0.3 is 23.8 Å². The van der Waals surface area contributed by atoms with E-state index in [1.807, 2.05) is 31.2 Å². The number of benzene rings is 2. The van der Waals surface area contributed by atoms with Gasteiger partial charge in [0.2, 0.25) is 0 Å². The Kier molecular flexibility index (Phi) is 7.68. The third-order valence-corrected chi connectivity index (χ3v) is 4.02. The normalized spacial score (nSPS) is 10.1. The largest absolute Gasteiger partial charge is 0.494 e. The van der Waals surface area contributed by atoms with Crippen LogP contribution in [-0.2, 0) is 16.1 Å². The van der Waals surface area contributed by atoms with Crippen LogP contribution in [0.5, 0.6) is 17.2 Å². The van der Waals surface area contributed by atoms with E-state index < -0.39 is 5.97 Å². The van der Waals surface area contributed by atoms with Crippen molar-refractivity contribution in [2.24, 2.45) is 0 Å². The molecule has 150 valence electrons. The van der Waals surface area contributed by atoms with Gasteiger partial charge in [-0.1, -0.05) is 12.1 Å². The first kappa shape index (κ1) is 21.1. The minimum atomic E-state index is -0.476. The van der Waals surface area contributed by atoms with Crippen LogP contribution in [0.2, 0.25) is 0 Å². The van der Waals surface area contributed by atoms with E-state index in [-0.39, 0.29) is 12.5 Å². The van der Waals surface area contributed by atoms with Gasteiger partial charge in [0.1, 0.15) is 5.75 Å². The van der Waals surface area contributed by atoms with Crippen molar-refractivity contribution in [3.63, 3.8) is 0 Å². The number of likely N-dealkylation sites (N-methyl/N-ethyl adjacent to an activating group) is 1. The van der Waals surface area contributed by atoms with Crippen LogP contribution >= 0.6 is 0 Å². The molecule has 7 heteroatoms. The van der Waals surface area contributed by atoms with Crippen LogP contribution in [0.4, 0.5) is 0 Å². The Balaban J connectivity index is 1.94. The molecule has 0 spiro atoms. The maximum absolute atomic E-state index is 12.4. The molecular weight excluding hydrogens is 362 g/mol. The van der Waals surface area contributed by atoms with Gasteiger partial charge in [-0.05, 0) is 42.8 Å². The summed E-state index contributed by atoms with van der Waals surface area (Å²) in [6.45, 7) is 2.84. The molecule has 0 heterocycles. The van der Waals surface area contributed by atoms with E-state index >= 15 is 0 Å². The molecule has 0 saturated carbocycles. The molecule has 0 N–H and O–H groups in total. The Labute approximate surface area is 164 Å². The van der Waals surface area contributed by atoms with Crippen LogP contribution in [0.3, 0.4) is 0 Å². The Morgan fingerprint density at radius 2 is 1.68 bits per heavy atom. The summed E-state index contributed by atoms with van der Waals surface area (Å²) < 4.78 is 20.9. The number of carbonyl (C=O) groups excluding carboxylic acids is 2. The Hall–Kier alpha value is -3.22. The zero-order chi connectivity index (χ0) is 20.5. The van der Waals surface area contributed by atoms with Crippen molar-refractivity contribution in [2.75, 3.05) is 34.5 Å². The van der Waals surface area contributed by atoms with Gasteiger partial charge in [0.15, 0.2) is 18.1 Å². The topological polar surface area (TPSA) is 74.3 Å². The lowest BCUT2D eigenvalue weighted by Crippen LogP contribution is -2.31. The summed E-state index contributed by atoms with van der Waals surface area (Å²) in [6, 6.07) is 12.2. The number of rotatable bonds is 9. The number of nitrogens with zero attached hydrogens (tertiary/aromatic N) is 1. The van der Waals surface area contributed by atoms with Crippen LogP contribution in [0, 0.1) is 0 Å². The molecule has 0 unspecified atom stereocenters. The van der Waals surface area contributed by atoms with Crippen molar-refractivity contribution in [2.45, 2.75) is 13.5 Å². The second-order valence-corrected chi connectivity index (χ2v) is 5.97. The van der Waals surface area contributed by atoms with Crippen LogP contribution in [0.1, 0.15) is 22.8 Å². The first-order valence-corrected chi connectivity index (χ1v) is 8.83. The molecule has 0 aromatic heterocycles. The molecule has 0 radical (unpaired) electrons. The lowest BCUT2D eigenvalue weighted by molar-refractivity contribution is -0.132. The molecule has 0 aliphatic rings. The number of carbonyl (C=O) groups is 2. The first-order valence-electron chi connectivity index (χ1n) is 8.83. The monoisotopic (exact) mass is 387 g/mol. The summed E-state index contributed by atoms with van der Waals surface area (Å²) in [4.78, 5) is 25.5. The number of ether oxygens (including phenoxy) is 4. The fourth-order valence-electron chi connectivity index (χ4n) is 2.50. The Morgan fingerprint density at radius 1 is 0.964 bits per heavy atom. The van der Waals surface area contributed by atoms with E-state index in [9.17, 15) is 9.59 Å². The van der Waals surface area contributed by atoms with Crippen molar-refractivity contribution in [1.82, 2.24) is 4.90 Å². The molecule has 0 atom stereocenters. The highest BCUT2D eigenvalue weighted by Gasteiger charge is 2.14. The van der Waals surface area contributed by atoms with Gasteiger partial charge in [0, 0.05) is 13.6 Å². The predicted molar refractivity (Wildman–Crippen MR) is 104 cm³/mol. The van der Waals surface area contributed by atoms with E-state index in [0.717, 1.165) is 11.3 Å². The molecule has 2 aromatic rings. The molecule has 0 aliphatic carbocycles. The quantitative estimate of drug-likeness (QED) is 0.616. The second-order valence-electron chi connectivity index (χ2n) is 5.97. The van der Waals surface area contributed by atoms with Crippen molar-refractivity contribution in [1.29, 1.82) is 0 Å². The number of hydrogen-bond acceptors (Lipinski definition) is 6. The van der Waals surface area contributed by atoms with Crippen LogP contribution < -0.4 is 14.2 Å². The molecule has 0 fully saturated rings. The fourth-order valence-corrected chi connectivity index (χ4v) is 2.50. The molecular formula is C21H25NO6. The number of methoxy groups -OCH3 is 2. The molecule has 0 bridgehead atoms. The van der Waals surface area contributed by atoms with Gasteiger partial charge >= 0.3 is 5.97 Å². The summed E-state index contributed by atoms with van der Waals surface area (Å²) in [5.41, 5.74) is 1.32. The van der Waals surface area contributed by atoms with E-state index in [1.54, 1.807) is 24.1 Å². The molecule has 2 aromatic carbocycles. The zero-order valence-electron chi connectivity index (χ0n) is 16.6. The molecule has 28 heavy (non-hydrogen) atoms. The predicted octanol–water partition coefficient (Wildman–Crippen LogP) is 2.92. The van der Waals surface area contributed by atoms with Crippen LogP contribution in [0.15, 0.2) is 42.5 Å². The highest BCUT2D eigenvalue weighted by Crippen LogP contribution is 2.28. The Morgan fingerprint density at radius 3 is 2.29 bits per heavy atom. The van der Waals surface area contributed by atoms with Gasteiger partial charge in [0.05, 0.1) is 26.4 Å². The van der Waals surface area contributed by atoms with E-state index in [2.05, 4.69) is 4.74 Å². The van der Waals surface area contributed by atoms with E-state index in [4.69, 9.17) is 14.2 Å². The van der Waals surface area contributed by atoms with Crippen LogP contribution in [-0.4, -0.2) is 51.3 Å². The molecule has 0 aliphatic heterocycles. The SMILES string of the molecule is CCOc1ccc(CN(C)C(=O)COc2ccc(C(=O)OC)cc2OC)cc1. The average Bonchev–Trinajstić information content (AvgIpc) is 2.72. The molecule has 2 rings (SSSR count). The van der Waals surface area contributed by atoms with Gasteiger partial charge in [-0.3, -0.25) is 4.79 Å². The van der Waals surface area contributed by atoms with E-state index in [0.29, 0.717) is 30.2 Å². The summed E-state index contributed by atoms with van der Waals surface area (Å²) >= 11 is 0. The molecule has 0 saturated heterocycles. The lowest BCUT2D eigenvalue weighted by Gasteiger charge is -2.18. The fraction of sp³-hybridized carbons (Fsp3) is 0.333. The molecule has 1 amide bonds. The maximum atomic E-state index is 12.4. The van der Waals surface area contributed by atoms with Crippen molar-refractivity contribution in [3.05, 3.63) is 53.6 Å². The summed E-state index contributed by atoms with van der Waals surface area (Å²) in [7, 11) is 4.47. The number of esters is 1. The second kappa shape index (κ2) is 10.2. The smallest absolute Gasteiger partial charge is 0.337 e. The van der Waals surface area contributed by atoms with E-state index in [1.165, 1.54) is 20.3 Å². The minimum absolute atomic E-state index is 0.151. The Bertz CT molecular complexity index is 803. The van der Waals surface area contributed by atoms with Gasteiger partial charge in [0.25, 0.3) is 5.91 Å². The van der Waals surface area contributed by atoms with Gasteiger partial charge in [-0.2, -0.15) is 0 Å². The minimum Gasteiger partial charge on any atom is -0.494 e. The van der Waals surface area contributed by atoms with Gasteiger partial charge in [-0.15, -0.1) is 0 Å². The first-order chi connectivity index (χ1) is 13.5. The highest BCUT2D eigenvalue weighted by atomic mass is 16.5. The third kappa shape index (κ3) is 5.64. The maximum Gasteiger partial charge on any atom is 0.337 e. The standard InChI is InChI=1S/C21H25NO6/c1-5-27-17-9-6-15(7-10-17)13-22(2)20(23)14-28-18-11-8-16(21(24)26-4)12-19(18)25-3/h6-12H,5,13-14H2,1-4H3.